The molecular weight excluding hydrogens is 321 g/mol. The number of fused-ring (bicyclic) bond motifs is 1. The van der Waals surface area contributed by atoms with E-state index in [0.717, 1.165) is 11.1 Å². The summed E-state index contributed by atoms with van der Waals surface area (Å²) in [6, 6.07) is 14.6. The average molecular weight is 333 g/mol. The predicted molar refractivity (Wildman–Crippen MR) is 90.8 cm³/mol. The summed E-state index contributed by atoms with van der Waals surface area (Å²) in [4.78, 5) is 15.6. The van der Waals surface area contributed by atoms with Crippen LogP contribution in [0.1, 0.15) is 10.5 Å². The minimum Gasteiger partial charge on any atom is -0.477 e. The van der Waals surface area contributed by atoms with Gasteiger partial charge in [0.05, 0.1) is 5.52 Å². The van der Waals surface area contributed by atoms with E-state index in [-0.39, 0.29) is 11.5 Å². The van der Waals surface area contributed by atoms with Crippen LogP contribution in [-0.4, -0.2) is 25.7 Å². The van der Waals surface area contributed by atoms with Crippen molar-refractivity contribution >= 4 is 11.5 Å². The fraction of sp³-hybridized carbons (Fsp3) is 0. The van der Waals surface area contributed by atoms with E-state index in [1.807, 2.05) is 18.2 Å². The van der Waals surface area contributed by atoms with Gasteiger partial charge in [0.2, 0.25) is 0 Å². The number of carboxylic acids is 1. The van der Waals surface area contributed by atoms with Crippen LogP contribution >= 0.6 is 0 Å². The normalized spacial score (nSPS) is 10.9. The van der Waals surface area contributed by atoms with Crippen molar-refractivity contribution in [3.05, 3.63) is 78.5 Å². The number of pyridine rings is 2. The molecule has 0 spiro atoms. The van der Waals surface area contributed by atoms with Crippen molar-refractivity contribution in [2.45, 2.75) is 0 Å². The molecule has 122 valence electrons. The minimum absolute atomic E-state index is 0.0566. The third kappa shape index (κ3) is 2.53. The fourth-order valence-corrected chi connectivity index (χ4v) is 2.84. The molecule has 3 heterocycles. The van der Waals surface area contributed by atoms with Crippen LogP contribution in [0.4, 0.5) is 4.39 Å². The lowest BCUT2D eigenvalue weighted by molar-refractivity contribution is 0.0687. The van der Waals surface area contributed by atoms with E-state index in [0.29, 0.717) is 16.8 Å². The van der Waals surface area contributed by atoms with Crippen LogP contribution in [0.5, 0.6) is 0 Å². The standard InChI is InChI=1S/C19H12FN3O2/c20-14-6-4-13(5-7-14)18-17(12-8-10-21-11-9-12)15-2-1-3-16(19(24)25)23(15)22-18/h1-11H,(H,24,25). The van der Waals surface area contributed by atoms with Crippen molar-refractivity contribution in [2.75, 3.05) is 0 Å². The number of hydrogen-bond acceptors (Lipinski definition) is 3. The molecule has 0 radical (unpaired) electrons. The number of benzene rings is 1. The molecular formula is C19H12FN3O2. The highest BCUT2D eigenvalue weighted by molar-refractivity contribution is 5.94. The number of rotatable bonds is 3. The molecule has 0 aliphatic rings. The zero-order valence-corrected chi connectivity index (χ0v) is 12.9. The molecule has 0 unspecified atom stereocenters. The highest BCUT2D eigenvalue weighted by atomic mass is 19.1. The maximum atomic E-state index is 13.3. The Morgan fingerprint density at radius 1 is 0.960 bits per heavy atom. The van der Waals surface area contributed by atoms with Gasteiger partial charge in [0.25, 0.3) is 0 Å². The van der Waals surface area contributed by atoms with Gasteiger partial charge in [-0.05, 0) is 54.1 Å². The van der Waals surface area contributed by atoms with Crippen LogP contribution in [0, 0.1) is 5.82 Å². The van der Waals surface area contributed by atoms with Crippen LogP contribution in [0.3, 0.4) is 0 Å². The van der Waals surface area contributed by atoms with Gasteiger partial charge < -0.3 is 5.11 Å². The summed E-state index contributed by atoms with van der Waals surface area (Å²) in [5.74, 6) is -1.41. The topological polar surface area (TPSA) is 67.5 Å². The Morgan fingerprint density at radius 2 is 1.68 bits per heavy atom. The molecule has 25 heavy (non-hydrogen) atoms. The Kier molecular flexibility index (Phi) is 3.50. The van der Waals surface area contributed by atoms with Gasteiger partial charge in [-0.1, -0.05) is 6.07 Å². The lowest BCUT2D eigenvalue weighted by Crippen LogP contribution is -2.05. The molecule has 0 atom stereocenters. The van der Waals surface area contributed by atoms with Gasteiger partial charge in [-0.3, -0.25) is 4.98 Å². The van der Waals surface area contributed by atoms with Crippen LogP contribution in [0.2, 0.25) is 0 Å². The molecule has 0 saturated heterocycles. The van der Waals surface area contributed by atoms with E-state index in [1.165, 1.54) is 22.7 Å². The summed E-state index contributed by atoms with van der Waals surface area (Å²) in [6.45, 7) is 0. The molecule has 1 aromatic carbocycles. The maximum Gasteiger partial charge on any atom is 0.354 e. The summed E-state index contributed by atoms with van der Waals surface area (Å²) in [5.41, 5.74) is 3.63. The van der Waals surface area contributed by atoms with Crippen molar-refractivity contribution in [3.63, 3.8) is 0 Å². The maximum absolute atomic E-state index is 13.3. The van der Waals surface area contributed by atoms with Crippen molar-refractivity contribution in [3.8, 4) is 22.4 Å². The van der Waals surface area contributed by atoms with Crippen molar-refractivity contribution < 1.29 is 14.3 Å². The number of aromatic nitrogens is 3. The van der Waals surface area contributed by atoms with Crippen LogP contribution in [0.15, 0.2) is 67.0 Å². The molecule has 0 aliphatic carbocycles. The quantitative estimate of drug-likeness (QED) is 0.617. The molecule has 5 nitrogen and oxygen atoms in total. The van der Waals surface area contributed by atoms with E-state index in [4.69, 9.17) is 0 Å². The first-order valence-corrected chi connectivity index (χ1v) is 7.56. The summed E-state index contributed by atoms with van der Waals surface area (Å²) >= 11 is 0. The highest BCUT2D eigenvalue weighted by Gasteiger charge is 2.19. The molecule has 1 N–H and O–H groups in total. The van der Waals surface area contributed by atoms with Gasteiger partial charge >= 0.3 is 5.97 Å². The predicted octanol–water partition coefficient (Wildman–Crippen LogP) is 3.90. The van der Waals surface area contributed by atoms with Gasteiger partial charge in [-0.2, -0.15) is 5.10 Å². The van der Waals surface area contributed by atoms with E-state index in [9.17, 15) is 14.3 Å². The monoisotopic (exact) mass is 333 g/mol. The third-order valence-corrected chi connectivity index (χ3v) is 3.96. The Hall–Kier alpha value is -3.54. The molecule has 0 saturated carbocycles. The van der Waals surface area contributed by atoms with Gasteiger partial charge in [0.1, 0.15) is 17.2 Å². The molecule has 4 rings (SSSR count). The summed E-state index contributed by atoms with van der Waals surface area (Å²) in [7, 11) is 0. The second-order valence-corrected chi connectivity index (χ2v) is 5.48. The zero-order chi connectivity index (χ0) is 17.4. The summed E-state index contributed by atoms with van der Waals surface area (Å²) < 4.78 is 14.7. The van der Waals surface area contributed by atoms with Crippen LogP contribution in [-0.2, 0) is 0 Å². The second-order valence-electron chi connectivity index (χ2n) is 5.48. The molecule has 0 aliphatic heterocycles. The number of carbonyl (C=O) groups is 1. The lowest BCUT2D eigenvalue weighted by atomic mass is 10.0. The number of aromatic carboxylic acids is 1. The highest BCUT2D eigenvalue weighted by Crippen LogP contribution is 2.35. The van der Waals surface area contributed by atoms with E-state index in [1.54, 1.807) is 30.6 Å². The van der Waals surface area contributed by atoms with Crippen molar-refractivity contribution in [1.29, 1.82) is 0 Å². The molecule has 0 fully saturated rings. The second kappa shape index (κ2) is 5.83. The molecule has 6 heteroatoms. The van der Waals surface area contributed by atoms with Gasteiger partial charge in [0, 0.05) is 23.5 Å². The van der Waals surface area contributed by atoms with E-state index in [2.05, 4.69) is 10.1 Å². The Balaban J connectivity index is 2.09. The smallest absolute Gasteiger partial charge is 0.354 e. The van der Waals surface area contributed by atoms with Crippen LogP contribution in [0.25, 0.3) is 27.9 Å². The van der Waals surface area contributed by atoms with E-state index < -0.39 is 5.97 Å². The number of halogens is 1. The fourth-order valence-electron chi connectivity index (χ4n) is 2.84. The van der Waals surface area contributed by atoms with Crippen molar-refractivity contribution in [1.82, 2.24) is 14.6 Å². The lowest BCUT2D eigenvalue weighted by Gasteiger charge is -2.04. The van der Waals surface area contributed by atoms with Gasteiger partial charge in [0.15, 0.2) is 0 Å². The van der Waals surface area contributed by atoms with Gasteiger partial charge in [-0.15, -0.1) is 0 Å². The molecule has 3 aromatic heterocycles. The largest absolute Gasteiger partial charge is 0.477 e. The number of carboxylic acid groups (broad SMARTS) is 1. The van der Waals surface area contributed by atoms with E-state index >= 15 is 0 Å². The first-order valence-electron chi connectivity index (χ1n) is 7.56. The summed E-state index contributed by atoms with van der Waals surface area (Å²) in [6.07, 6.45) is 3.32. The third-order valence-electron chi connectivity index (χ3n) is 3.96. The molecule has 4 aromatic rings. The Bertz CT molecular complexity index is 1070. The minimum atomic E-state index is -1.07. The summed E-state index contributed by atoms with van der Waals surface area (Å²) in [5, 5.41) is 13.9. The SMILES string of the molecule is O=C(O)c1cccc2c(-c3ccncc3)c(-c3ccc(F)cc3)nn12. The first kappa shape index (κ1) is 15.0. The number of hydrogen-bond donors (Lipinski definition) is 1. The Morgan fingerprint density at radius 3 is 2.36 bits per heavy atom. The number of nitrogens with zero attached hydrogens (tertiary/aromatic N) is 3. The van der Waals surface area contributed by atoms with Crippen molar-refractivity contribution in [2.24, 2.45) is 0 Å². The Labute approximate surface area is 142 Å². The van der Waals surface area contributed by atoms with Gasteiger partial charge in [-0.25, -0.2) is 13.7 Å². The molecule has 0 bridgehead atoms. The zero-order valence-electron chi connectivity index (χ0n) is 12.9. The average Bonchev–Trinajstić information content (AvgIpc) is 3.02. The van der Waals surface area contributed by atoms with Crippen LogP contribution < -0.4 is 0 Å². The molecule has 0 amide bonds. The first-order chi connectivity index (χ1) is 12.1.